The highest BCUT2D eigenvalue weighted by Gasteiger charge is 2.49. The number of amides is 1. The molecule has 0 N–H and O–H groups in total. The zero-order valence-corrected chi connectivity index (χ0v) is 20.9. The van der Waals surface area contributed by atoms with E-state index in [0.717, 1.165) is 16.8 Å². The molecule has 192 valence electrons. The molecule has 2 aromatic heterocycles. The van der Waals surface area contributed by atoms with Gasteiger partial charge in [0.05, 0.1) is 22.0 Å². The van der Waals surface area contributed by atoms with E-state index in [4.69, 9.17) is 23.2 Å². The van der Waals surface area contributed by atoms with Crippen molar-refractivity contribution in [2.24, 2.45) is 0 Å². The first-order valence-corrected chi connectivity index (χ1v) is 11.8. The van der Waals surface area contributed by atoms with E-state index < -0.39 is 43.7 Å². The number of nitrogens with zero attached hydrogens (tertiary/aromatic N) is 3. The number of pyridine rings is 2. The Morgan fingerprint density at radius 2 is 1.81 bits per heavy atom. The predicted octanol–water partition coefficient (Wildman–Crippen LogP) is 4.58. The van der Waals surface area contributed by atoms with Crippen molar-refractivity contribution >= 4 is 39.2 Å². The Morgan fingerprint density at radius 1 is 1.17 bits per heavy atom. The fourth-order valence-electron chi connectivity index (χ4n) is 3.09. The molecule has 3 aromatic rings. The van der Waals surface area contributed by atoms with Crippen molar-refractivity contribution < 1.29 is 35.0 Å². The van der Waals surface area contributed by atoms with Gasteiger partial charge in [-0.25, -0.2) is 4.39 Å². The summed E-state index contributed by atoms with van der Waals surface area (Å²) < 4.78 is 80.8. The van der Waals surface area contributed by atoms with E-state index in [9.17, 15) is 31.2 Å². The molecule has 1 amide bonds. The molecular formula is C21H15Cl2F4N3O5S. The van der Waals surface area contributed by atoms with Gasteiger partial charge in [-0.2, -0.15) is 21.6 Å². The van der Waals surface area contributed by atoms with Gasteiger partial charge in [0.1, 0.15) is 10.8 Å². The lowest BCUT2D eigenvalue weighted by Crippen LogP contribution is -2.29. The van der Waals surface area contributed by atoms with E-state index in [1.165, 1.54) is 50.2 Å². The monoisotopic (exact) mass is 567 g/mol. The van der Waals surface area contributed by atoms with Crippen LogP contribution in [0.4, 0.5) is 17.6 Å². The second kappa shape index (κ2) is 9.71. The van der Waals surface area contributed by atoms with Crippen LogP contribution in [0.5, 0.6) is 5.75 Å². The maximum atomic E-state index is 15.2. The summed E-state index contributed by atoms with van der Waals surface area (Å²) in [5.74, 6) is -2.54. The SMILES string of the molecule is Cc1cc(OS(=O)(=O)C(F)(F)F)c(Cl)c(=O)n1-c1cc(-c2cccc(C(=O)N(C)C)c2F)ncc1Cl. The summed E-state index contributed by atoms with van der Waals surface area (Å²) in [5.41, 5.74) is -7.52. The van der Waals surface area contributed by atoms with Gasteiger partial charge in [-0.05, 0) is 25.1 Å². The van der Waals surface area contributed by atoms with E-state index in [-0.39, 0.29) is 33.2 Å². The largest absolute Gasteiger partial charge is 0.534 e. The van der Waals surface area contributed by atoms with E-state index in [1.54, 1.807) is 0 Å². The molecule has 8 nitrogen and oxygen atoms in total. The molecule has 0 atom stereocenters. The molecule has 15 heteroatoms. The van der Waals surface area contributed by atoms with Crippen LogP contribution in [0.3, 0.4) is 0 Å². The number of halogens is 6. The molecule has 0 saturated heterocycles. The van der Waals surface area contributed by atoms with Gasteiger partial charge in [0.25, 0.3) is 11.5 Å². The van der Waals surface area contributed by atoms with Gasteiger partial charge in [-0.3, -0.25) is 19.1 Å². The number of alkyl halides is 3. The van der Waals surface area contributed by atoms with E-state index in [2.05, 4.69) is 9.17 Å². The quantitative estimate of drug-likeness (QED) is 0.254. The van der Waals surface area contributed by atoms with Crippen LogP contribution in [0.15, 0.2) is 41.3 Å². The Bertz CT molecular complexity index is 1540. The van der Waals surface area contributed by atoms with Crippen molar-refractivity contribution in [3.05, 3.63) is 74.0 Å². The maximum Gasteiger partial charge on any atom is 0.534 e. The highest BCUT2D eigenvalue weighted by molar-refractivity contribution is 7.88. The van der Waals surface area contributed by atoms with Crippen LogP contribution in [0, 0.1) is 12.7 Å². The summed E-state index contributed by atoms with van der Waals surface area (Å²) in [7, 11) is -3.21. The minimum absolute atomic E-state index is 0.0392. The Morgan fingerprint density at radius 3 is 2.39 bits per heavy atom. The molecule has 1 aromatic carbocycles. The van der Waals surface area contributed by atoms with Gasteiger partial charge < -0.3 is 9.08 Å². The maximum absolute atomic E-state index is 15.2. The number of benzene rings is 1. The molecule has 2 heterocycles. The van der Waals surface area contributed by atoms with Crippen LogP contribution in [-0.2, 0) is 10.1 Å². The molecule has 0 bridgehead atoms. The average Bonchev–Trinajstić information content (AvgIpc) is 2.77. The summed E-state index contributed by atoms with van der Waals surface area (Å²) in [4.78, 5) is 30.4. The van der Waals surface area contributed by atoms with Crippen molar-refractivity contribution in [3.8, 4) is 22.7 Å². The molecule has 0 aliphatic carbocycles. The van der Waals surface area contributed by atoms with Gasteiger partial charge in [0.2, 0.25) is 0 Å². The third-order valence-corrected chi connectivity index (χ3v) is 6.38. The highest BCUT2D eigenvalue weighted by atomic mass is 35.5. The molecule has 0 radical (unpaired) electrons. The molecule has 36 heavy (non-hydrogen) atoms. The molecule has 0 aliphatic heterocycles. The van der Waals surface area contributed by atoms with Gasteiger partial charge in [0, 0.05) is 37.6 Å². The Balaban J connectivity index is 2.18. The molecule has 0 saturated carbocycles. The van der Waals surface area contributed by atoms with Gasteiger partial charge in [0.15, 0.2) is 5.75 Å². The van der Waals surface area contributed by atoms with Gasteiger partial charge >= 0.3 is 15.6 Å². The van der Waals surface area contributed by atoms with Crippen LogP contribution in [0.25, 0.3) is 16.9 Å². The van der Waals surface area contributed by atoms with Crippen LogP contribution >= 0.6 is 23.2 Å². The smallest absolute Gasteiger partial charge is 0.374 e. The van der Waals surface area contributed by atoms with Crippen molar-refractivity contribution in [1.82, 2.24) is 14.5 Å². The van der Waals surface area contributed by atoms with E-state index in [0.29, 0.717) is 0 Å². The second-order valence-electron chi connectivity index (χ2n) is 7.48. The third-order valence-electron chi connectivity index (χ3n) is 4.77. The van der Waals surface area contributed by atoms with Crippen LogP contribution in [0.2, 0.25) is 10.0 Å². The zero-order chi connectivity index (χ0) is 27.2. The first kappa shape index (κ1) is 27.4. The van der Waals surface area contributed by atoms with E-state index >= 15 is 4.39 Å². The first-order valence-electron chi connectivity index (χ1n) is 9.66. The normalized spacial score (nSPS) is 11.9. The molecule has 0 spiro atoms. The molecular weight excluding hydrogens is 553 g/mol. The third kappa shape index (κ3) is 5.04. The van der Waals surface area contributed by atoms with Gasteiger partial charge in [-0.15, -0.1) is 0 Å². The summed E-state index contributed by atoms with van der Waals surface area (Å²) in [6.07, 6.45) is 1.09. The Labute approximate surface area is 211 Å². The highest BCUT2D eigenvalue weighted by Crippen LogP contribution is 2.33. The molecule has 0 unspecified atom stereocenters. The number of hydrogen-bond donors (Lipinski definition) is 0. The fraction of sp³-hybridized carbons (Fsp3) is 0.190. The first-order chi connectivity index (χ1) is 16.6. The van der Waals surface area contributed by atoms with Crippen molar-refractivity contribution in [2.75, 3.05) is 14.1 Å². The van der Waals surface area contributed by atoms with Crippen LogP contribution in [-0.4, -0.2) is 48.4 Å². The number of aryl methyl sites for hydroxylation is 1. The average molecular weight is 568 g/mol. The Hall–Kier alpha value is -3.16. The topological polar surface area (TPSA) is 98.6 Å². The summed E-state index contributed by atoms with van der Waals surface area (Å²) in [6, 6.07) is 6.03. The lowest BCUT2D eigenvalue weighted by Gasteiger charge is -2.17. The Kier molecular flexibility index (Phi) is 7.40. The zero-order valence-electron chi connectivity index (χ0n) is 18.5. The van der Waals surface area contributed by atoms with Crippen LogP contribution in [0.1, 0.15) is 16.1 Å². The van der Waals surface area contributed by atoms with E-state index in [1.807, 2.05) is 0 Å². The summed E-state index contributed by atoms with van der Waals surface area (Å²) in [5, 5.41) is -1.11. The van der Waals surface area contributed by atoms with Crippen molar-refractivity contribution in [2.45, 2.75) is 12.4 Å². The molecule has 3 rings (SSSR count). The second-order valence-corrected chi connectivity index (χ2v) is 9.80. The minimum Gasteiger partial charge on any atom is -0.374 e. The molecule has 0 fully saturated rings. The fourth-order valence-corrected chi connectivity index (χ4v) is 3.96. The minimum atomic E-state index is -6.10. The van der Waals surface area contributed by atoms with Crippen molar-refractivity contribution in [1.29, 1.82) is 0 Å². The number of aromatic nitrogens is 2. The number of carbonyl (C=O) groups excluding carboxylic acids is 1. The standard InChI is InChI=1S/C21H15Cl2F4N3O5S/c1-10-7-16(35-36(33,34)21(25,26)27)17(23)20(32)30(10)15-8-14(28-9-13(15)22)11-5-4-6-12(18(11)24)19(31)29(2)3/h4-9H,1-3H3. The number of rotatable bonds is 5. The summed E-state index contributed by atoms with van der Waals surface area (Å²) in [6.45, 7) is 1.25. The number of carbonyl (C=O) groups is 1. The van der Waals surface area contributed by atoms with Crippen LogP contribution < -0.4 is 9.74 Å². The predicted molar refractivity (Wildman–Crippen MR) is 124 cm³/mol. The lowest BCUT2D eigenvalue weighted by atomic mass is 10.0. The molecule has 0 aliphatic rings. The van der Waals surface area contributed by atoms with Crippen molar-refractivity contribution in [3.63, 3.8) is 0 Å². The summed E-state index contributed by atoms with van der Waals surface area (Å²) >= 11 is 12.0. The lowest BCUT2D eigenvalue weighted by molar-refractivity contribution is -0.0500. The number of hydrogen-bond acceptors (Lipinski definition) is 6. The van der Waals surface area contributed by atoms with Gasteiger partial charge in [-0.1, -0.05) is 29.3 Å².